The number of anilines is 1. The van der Waals surface area contributed by atoms with Crippen molar-refractivity contribution in [2.75, 3.05) is 25.9 Å². The molecule has 1 saturated heterocycles. The van der Waals surface area contributed by atoms with E-state index in [4.69, 9.17) is 10.5 Å². The Morgan fingerprint density at radius 2 is 1.77 bits per heavy atom. The SMILES string of the molecule is COc1ccc(-n2nc(CN3CCCCCC3)cc2N)cc1. The summed E-state index contributed by atoms with van der Waals surface area (Å²) in [6.07, 6.45) is 5.27. The van der Waals surface area contributed by atoms with Gasteiger partial charge in [0, 0.05) is 12.6 Å². The van der Waals surface area contributed by atoms with E-state index in [1.807, 2.05) is 30.3 Å². The molecule has 22 heavy (non-hydrogen) atoms. The predicted octanol–water partition coefficient (Wildman–Crippen LogP) is 2.84. The van der Waals surface area contributed by atoms with Crippen LogP contribution in [0.2, 0.25) is 0 Å². The zero-order valence-electron chi connectivity index (χ0n) is 13.2. The summed E-state index contributed by atoms with van der Waals surface area (Å²) in [7, 11) is 1.66. The average Bonchev–Trinajstić information content (AvgIpc) is 2.74. The van der Waals surface area contributed by atoms with Crippen LogP contribution in [0.25, 0.3) is 5.69 Å². The molecule has 2 aromatic rings. The number of nitrogen functional groups attached to an aromatic ring is 1. The minimum Gasteiger partial charge on any atom is -0.497 e. The number of rotatable bonds is 4. The van der Waals surface area contributed by atoms with Crippen LogP contribution >= 0.6 is 0 Å². The molecule has 2 N–H and O–H groups in total. The van der Waals surface area contributed by atoms with E-state index in [1.165, 1.54) is 25.7 Å². The zero-order chi connectivity index (χ0) is 15.4. The number of likely N-dealkylation sites (tertiary alicyclic amines) is 1. The second kappa shape index (κ2) is 6.83. The average molecular weight is 300 g/mol. The lowest BCUT2D eigenvalue weighted by Gasteiger charge is -2.17. The first-order valence-electron chi connectivity index (χ1n) is 7.97. The number of hydrogen-bond donors (Lipinski definition) is 1. The fraction of sp³-hybridized carbons (Fsp3) is 0.471. The van der Waals surface area contributed by atoms with Gasteiger partial charge in [0.15, 0.2) is 0 Å². The topological polar surface area (TPSA) is 56.3 Å². The standard InChI is InChI=1S/C17H24N4O/c1-22-16-8-6-15(7-9-16)21-17(18)12-14(19-21)13-20-10-4-2-3-5-11-20/h6-9,12H,2-5,10-11,13,18H2,1H3. The Hall–Kier alpha value is -2.01. The van der Waals surface area contributed by atoms with Crippen molar-refractivity contribution in [1.82, 2.24) is 14.7 Å². The minimum atomic E-state index is 0.676. The van der Waals surface area contributed by atoms with Gasteiger partial charge in [0.05, 0.1) is 18.5 Å². The summed E-state index contributed by atoms with van der Waals surface area (Å²) in [5.41, 5.74) is 8.13. The van der Waals surface area contributed by atoms with E-state index in [0.29, 0.717) is 5.82 Å². The van der Waals surface area contributed by atoms with Gasteiger partial charge >= 0.3 is 0 Å². The third kappa shape index (κ3) is 3.42. The van der Waals surface area contributed by atoms with Gasteiger partial charge in [-0.05, 0) is 50.2 Å². The Bertz CT molecular complexity index is 598. The van der Waals surface area contributed by atoms with Crippen molar-refractivity contribution in [2.45, 2.75) is 32.2 Å². The van der Waals surface area contributed by atoms with Crippen molar-refractivity contribution >= 4 is 5.82 Å². The van der Waals surface area contributed by atoms with Crippen molar-refractivity contribution in [3.05, 3.63) is 36.0 Å². The van der Waals surface area contributed by atoms with E-state index < -0.39 is 0 Å². The van der Waals surface area contributed by atoms with Crippen molar-refractivity contribution in [3.8, 4) is 11.4 Å². The van der Waals surface area contributed by atoms with Gasteiger partial charge in [0.1, 0.15) is 11.6 Å². The zero-order valence-corrected chi connectivity index (χ0v) is 13.2. The summed E-state index contributed by atoms with van der Waals surface area (Å²) in [4.78, 5) is 2.48. The van der Waals surface area contributed by atoms with E-state index >= 15 is 0 Å². The molecule has 5 heteroatoms. The van der Waals surface area contributed by atoms with E-state index in [-0.39, 0.29) is 0 Å². The molecule has 1 aliphatic rings. The molecule has 1 aromatic heterocycles. The molecule has 3 rings (SSSR count). The Labute approximate surface area is 131 Å². The molecule has 2 heterocycles. The van der Waals surface area contributed by atoms with Crippen molar-refractivity contribution in [3.63, 3.8) is 0 Å². The first-order chi connectivity index (χ1) is 10.8. The number of nitrogens with two attached hydrogens (primary N) is 1. The first kappa shape index (κ1) is 14.9. The van der Waals surface area contributed by atoms with Crippen molar-refractivity contribution in [2.24, 2.45) is 0 Å². The second-order valence-corrected chi connectivity index (χ2v) is 5.86. The molecule has 1 aliphatic heterocycles. The molecule has 0 spiro atoms. The molecule has 0 bridgehead atoms. The molecular formula is C17H24N4O. The van der Waals surface area contributed by atoms with Gasteiger partial charge in [0.25, 0.3) is 0 Å². The monoisotopic (exact) mass is 300 g/mol. The summed E-state index contributed by atoms with van der Waals surface area (Å²) in [5, 5.41) is 4.67. The molecule has 0 radical (unpaired) electrons. The molecule has 0 unspecified atom stereocenters. The molecule has 0 aliphatic carbocycles. The Balaban J connectivity index is 1.74. The minimum absolute atomic E-state index is 0.676. The van der Waals surface area contributed by atoms with Crippen LogP contribution in [0, 0.1) is 0 Å². The molecule has 0 saturated carbocycles. The predicted molar refractivity (Wildman–Crippen MR) is 88.3 cm³/mol. The van der Waals surface area contributed by atoms with Crippen LogP contribution in [0.5, 0.6) is 5.75 Å². The van der Waals surface area contributed by atoms with Gasteiger partial charge in [-0.3, -0.25) is 4.90 Å². The van der Waals surface area contributed by atoms with Crippen LogP contribution < -0.4 is 10.5 Å². The smallest absolute Gasteiger partial charge is 0.127 e. The number of methoxy groups -OCH3 is 1. The van der Waals surface area contributed by atoms with Crippen molar-refractivity contribution < 1.29 is 4.74 Å². The summed E-state index contributed by atoms with van der Waals surface area (Å²) < 4.78 is 6.98. The highest BCUT2D eigenvalue weighted by Crippen LogP contribution is 2.19. The normalized spacial score (nSPS) is 16.4. The van der Waals surface area contributed by atoms with Gasteiger partial charge in [-0.1, -0.05) is 12.8 Å². The van der Waals surface area contributed by atoms with Gasteiger partial charge in [-0.15, -0.1) is 0 Å². The van der Waals surface area contributed by atoms with Crippen LogP contribution in [-0.2, 0) is 6.54 Å². The van der Waals surface area contributed by atoms with E-state index in [9.17, 15) is 0 Å². The highest BCUT2D eigenvalue weighted by Gasteiger charge is 2.13. The lowest BCUT2D eigenvalue weighted by molar-refractivity contribution is 0.273. The van der Waals surface area contributed by atoms with Crippen LogP contribution in [0.3, 0.4) is 0 Å². The third-order valence-electron chi connectivity index (χ3n) is 4.19. The molecular weight excluding hydrogens is 276 g/mol. The van der Waals surface area contributed by atoms with Crippen LogP contribution in [0.4, 0.5) is 5.82 Å². The summed E-state index contributed by atoms with van der Waals surface area (Å²) >= 11 is 0. The van der Waals surface area contributed by atoms with Gasteiger partial charge in [-0.25, -0.2) is 4.68 Å². The van der Waals surface area contributed by atoms with Crippen LogP contribution in [0.15, 0.2) is 30.3 Å². The van der Waals surface area contributed by atoms with Crippen LogP contribution in [-0.4, -0.2) is 34.9 Å². The molecule has 1 fully saturated rings. The molecule has 0 atom stereocenters. The maximum atomic E-state index is 6.13. The molecule has 118 valence electrons. The quantitative estimate of drug-likeness (QED) is 0.943. The molecule has 1 aromatic carbocycles. The number of hydrogen-bond acceptors (Lipinski definition) is 4. The van der Waals surface area contributed by atoms with Gasteiger partial charge in [0.2, 0.25) is 0 Å². The highest BCUT2D eigenvalue weighted by atomic mass is 16.5. The van der Waals surface area contributed by atoms with E-state index in [2.05, 4.69) is 10.00 Å². The summed E-state index contributed by atoms with van der Waals surface area (Å²) in [5.74, 6) is 1.51. The number of nitrogens with zero attached hydrogens (tertiary/aromatic N) is 3. The maximum absolute atomic E-state index is 6.13. The number of ether oxygens (including phenoxy) is 1. The Morgan fingerprint density at radius 1 is 1.09 bits per heavy atom. The van der Waals surface area contributed by atoms with Gasteiger partial charge in [-0.2, -0.15) is 5.10 Å². The second-order valence-electron chi connectivity index (χ2n) is 5.86. The highest BCUT2D eigenvalue weighted by molar-refractivity contribution is 5.44. The fourth-order valence-electron chi connectivity index (χ4n) is 2.98. The molecule has 5 nitrogen and oxygen atoms in total. The van der Waals surface area contributed by atoms with Crippen LogP contribution in [0.1, 0.15) is 31.4 Å². The van der Waals surface area contributed by atoms with Gasteiger partial charge < -0.3 is 10.5 Å². The fourth-order valence-corrected chi connectivity index (χ4v) is 2.98. The summed E-state index contributed by atoms with van der Waals surface area (Å²) in [6, 6.07) is 9.76. The molecule has 0 amide bonds. The number of aromatic nitrogens is 2. The van der Waals surface area contributed by atoms with Crippen molar-refractivity contribution in [1.29, 1.82) is 0 Å². The summed E-state index contributed by atoms with van der Waals surface area (Å²) in [6.45, 7) is 3.21. The Morgan fingerprint density at radius 3 is 2.41 bits per heavy atom. The Kier molecular flexibility index (Phi) is 4.63. The van der Waals surface area contributed by atoms with E-state index in [0.717, 1.165) is 36.8 Å². The maximum Gasteiger partial charge on any atom is 0.127 e. The number of benzene rings is 1. The third-order valence-corrected chi connectivity index (χ3v) is 4.19. The first-order valence-corrected chi connectivity index (χ1v) is 7.97. The lowest BCUT2D eigenvalue weighted by Crippen LogP contribution is -2.24. The van der Waals surface area contributed by atoms with E-state index in [1.54, 1.807) is 11.8 Å². The lowest BCUT2D eigenvalue weighted by atomic mass is 10.2. The largest absolute Gasteiger partial charge is 0.497 e.